The molecule has 0 aliphatic rings. The number of nitrogens with two attached hydrogens (primary N) is 1. The van der Waals surface area contributed by atoms with E-state index in [9.17, 15) is 0 Å². The highest BCUT2D eigenvalue weighted by Crippen LogP contribution is 2.34. The molecule has 7 heteroatoms. The third-order valence-electron chi connectivity index (χ3n) is 1.98. The molecule has 2 aromatic rings. The van der Waals surface area contributed by atoms with E-state index in [4.69, 9.17) is 56.9 Å². The third kappa shape index (κ3) is 3.12. The van der Waals surface area contributed by atoms with Gasteiger partial charge < -0.3 is 10.5 Å². The van der Waals surface area contributed by atoms with Crippen molar-refractivity contribution >= 4 is 52.2 Å². The molecule has 0 fully saturated rings. The molecular formula is C11H6Cl4N2O. The van der Waals surface area contributed by atoms with Crippen molar-refractivity contribution in [1.82, 2.24) is 4.98 Å². The van der Waals surface area contributed by atoms with Crippen LogP contribution in [0.3, 0.4) is 0 Å². The van der Waals surface area contributed by atoms with Gasteiger partial charge in [0.2, 0.25) is 5.88 Å². The predicted molar refractivity (Wildman–Crippen MR) is 75.2 cm³/mol. The van der Waals surface area contributed by atoms with Crippen LogP contribution in [0.4, 0.5) is 5.82 Å². The summed E-state index contributed by atoms with van der Waals surface area (Å²) in [6.07, 6.45) is 0. The Bertz CT molecular complexity index is 584. The highest BCUT2D eigenvalue weighted by Gasteiger charge is 2.10. The van der Waals surface area contributed by atoms with E-state index in [2.05, 4.69) is 4.98 Å². The first-order valence-electron chi connectivity index (χ1n) is 4.71. The van der Waals surface area contributed by atoms with E-state index in [1.807, 2.05) is 0 Å². The average Bonchev–Trinajstić information content (AvgIpc) is 2.24. The first-order chi connectivity index (χ1) is 8.45. The second kappa shape index (κ2) is 5.41. The number of pyridine rings is 1. The van der Waals surface area contributed by atoms with E-state index in [0.717, 1.165) is 0 Å². The van der Waals surface area contributed by atoms with Crippen LogP contribution in [0, 0.1) is 0 Å². The first kappa shape index (κ1) is 13.6. The van der Waals surface area contributed by atoms with E-state index < -0.39 is 0 Å². The zero-order valence-corrected chi connectivity index (χ0v) is 11.8. The quantitative estimate of drug-likeness (QED) is 0.839. The van der Waals surface area contributed by atoms with Crippen molar-refractivity contribution in [1.29, 1.82) is 0 Å². The van der Waals surface area contributed by atoms with E-state index in [-0.39, 0.29) is 21.7 Å². The lowest BCUT2D eigenvalue weighted by atomic mass is 10.3. The number of halogens is 4. The van der Waals surface area contributed by atoms with Gasteiger partial charge in [0.05, 0.1) is 5.02 Å². The molecule has 1 aromatic heterocycles. The number of hydrogen-bond donors (Lipinski definition) is 1. The average molecular weight is 324 g/mol. The Morgan fingerprint density at radius 2 is 1.50 bits per heavy atom. The van der Waals surface area contributed by atoms with Gasteiger partial charge in [-0.25, -0.2) is 0 Å². The van der Waals surface area contributed by atoms with Crippen LogP contribution in [0.25, 0.3) is 0 Å². The van der Waals surface area contributed by atoms with Crippen LogP contribution in [0.5, 0.6) is 11.6 Å². The summed E-state index contributed by atoms with van der Waals surface area (Å²) < 4.78 is 5.46. The summed E-state index contributed by atoms with van der Waals surface area (Å²) in [6, 6.07) is 6.20. The van der Waals surface area contributed by atoms with Crippen LogP contribution >= 0.6 is 46.4 Å². The second-order valence-corrected chi connectivity index (χ2v) is 5.04. The number of benzene rings is 1. The minimum absolute atomic E-state index is 0.129. The van der Waals surface area contributed by atoms with Gasteiger partial charge in [0, 0.05) is 10.0 Å². The molecule has 2 rings (SSSR count). The summed E-state index contributed by atoms with van der Waals surface area (Å²) in [5.41, 5.74) is 5.57. The topological polar surface area (TPSA) is 48.1 Å². The number of nitrogen functional groups attached to an aromatic ring is 1. The molecule has 0 atom stereocenters. The van der Waals surface area contributed by atoms with Gasteiger partial charge in [-0.1, -0.05) is 46.4 Å². The highest BCUT2D eigenvalue weighted by molar-refractivity contribution is 6.36. The zero-order chi connectivity index (χ0) is 13.3. The molecular weight excluding hydrogens is 318 g/mol. The lowest BCUT2D eigenvalue weighted by Crippen LogP contribution is -1.95. The fourth-order valence-electron chi connectivity index (χ4n) is 1.23. The first-order valence-corrected chi connectivity index (χ1v) is 6.22. The molecule has 0 spiro atoms. The van der Waals surface area contributed by atoms with Gasteiger partial charge in [0.1, 0.15) is 16.6 Å². The minimum Gasteiger partial charge on any atom is -0.437 e. The molecule has 0 saturated heterocycles. The lowest BCUT2D eigenvalue weighted by Gasteiger charge is -2.08. The van der Waals surface area contributed by atoms with Gasteiger partial charge >= 0.3 is 0 Å². The zero-order valence-electron chi connectivity index (χ0n) is 8.75. The third-order valence-corrected chi connectivity index (χ3v) is 2.98. The number of anilines is 1. The van der Waals surface area contributed by atoms with Crippen molar-refractivity contribution in [2.75, 3.05) is 5.73 Å². The van der Waals surface area contributed by atoms with Crippen molar-refractivity contribution in [3.05, 3.63) is 44.4 Å². The molecule has 3 nitrogen and oxygen atoms in total. The smallest absolute Gasteiger partial charge is 0.240 e. The van der Waals surface area contributed by atoms with Gasteiger partial charge in [0.25, 0.3) is 0 Å². The molecule has 94 valence electrons. The van der Waals surface area contributed by atoms with E-state index in [1.54, 1.807) is 18.2 Å². The van der Waals surface area contributed by atoms with Crippen LogP contribution in [-0.2, 0) is 0 Å². The van der Waals surface area contributed by atoms with Crippen LogP contribution in [0.15, 0.2) is 24.3 Å². The van der Waals surface area contributed by atoms with E-state index in [0.29, 0.717) is 15.8 Å². The summed E-state index contributed by atoms with van der Waals surface area (Å²) in [4.78, 5) is 3.93. The Kier molecular flexibility index (Phi) is 4.07. The maximum absolute atomic E-state index is 5.94. The standard InChI is InChI=1S/C11H6Cl4N2O/c12-5-1-6(13)3-7(2-5)18-11-9(15)4-8(14)10(16)17-11/h1-4H,(H2,16,17). The molecule has 0 radical (unpaired) electrons. The molecule has 1 aromatic carbocycles. The molecule has 0 bridgehead atoms. The molecule has 1 heterocycles. The monoisotopic (exact) mass is 322 g/mol. The lowest BCUT2D eigenvalue weighted by molar-refractivity contribution is 0.464. The van der Waals surface area contributed by atoms with Crippen LogP contribution < -0.4 is 10.5 Å². The number of rotatable bonds is 2. The van der Waals surface area contributed by atoms with Crippen molar-refractivity contribution in [3.8, 4) is 11.6 Å². The Balaban J connectivity index is 2.36. The molecule has 2 N–H and O–H groups in total. The van der Waals surface area contributed by atoms with Crippen LogP contribution in [0.2, 0.25) is 20.1 Å². The molecule has 0 amide bonds. The maximum atomic E-state index is 5.94. The largest absolute Gasteiger partial charge is 0.437 e. The fraction of sp³-hybridized carbons (Fsp3) is 0. The predicted octanol–water partition coefficient (Wildman–Crippen LogP) is 5.07. The summed E-state index contributed by atoms with van der Waals surface area (Å²) in [5.74, 6) is 0.671. The molecule has 0 unspecified atom stereocenters. The SMILES string of the molecule is Nc1nc(Oc2cc(Cl)cc(Cl)c2)c(Cl)cc1Cl. The number of aromatic nitrogens is 1. The highest BCUT2D eigenvalue weighted by atomic mass is 35.5. The Hall–Kier alpha value is -0.870. The minimum atomic E-state index is 0.129. The summed E-state index contributed by atoms with van der Waals surface area (Å²) in [7, 11) is 0. The van der Waals surface area contributed by atoms with E-state index in [1.165, 1.54) is 6.07 Å². The van der Waals surface area contributed by atoms with E-state index >= 15 is 0 Å². The van der Waals surface area contributed by atoms with Gasteiger partial charge in [0.15, 0.2) is 0 Å². The summed E-state index contributed by atoms with van der Waals surface area (Å²) >= 11 is 23.4. The number of hydrogen-bond acceptors (Lipinski definition) is 3. The maximum Gasteiger partial charge on any atom is 0.240 e. The Morgan fingerprint density at radius 3 is 2.11 bits per heavy atom. The molecule has 0 saturated carbocycles. The van der Waals surface area contributed by atoms with Crippen LogP contribution in [0.1, 0.15) is 0 Å². The fourth-order valence-corrected chi connectivity index (χ4v) is 2.14. The normalized spacial score (nSPS) is 10.4. The van der Waals surface area contributed by atoms with Gasteiger partial charge in [-0.05, 0) is 24.3 Å². The van der Waals surface area contributed by atoms with Gasteiger partial charge in [-0.15, -0.1) is 0 Å². The summed E-state index contributed by atoms with van der Waals surface area (Å²) in [5, 5.41) is 1.38. The molecule has 18 heavy (non-hydrogen) atoms. The van der Waals surface area contributed by atoms with Crippen LogP contribution in [-0.4, -0.2) is 4.98 Å². The van der Waals surface area contributed by atoms with Gasteiger partial charge in [-0.2, -0.15) is 4.98 Å². The molecule has 0 aliphatic carbocycles. The second-order valence-electron chi connectivity index (χ2n) is 3.35. The van der Waals surface area contributed by atoms with Crippen molar-refractivity contribution in [2.24, 2.45) is 0 Å². The van der Waals surface area contributed by atoms with Gasteiger partial charge in [-0.3, -0.25) is 0 Å². The van der Waals surface area contributed by atoms with Crippen molar-refractivity contribution < 1.29 is 4.74 Å². The Morgan fingerprint density at radius 1 is 0.889 bits per heavy atom. The number of ether oxygens (including phenoxy) is 1. The molecule has 0 aliphatic heterocycles. The van der Waals surface area contributed by atoms with Crippen molar-refractivity contribution in [2.45, 2.75) is 0 Å². The summed E-state index contributed by atoms with van der Waals surface area (Å²) in [6.45, 7) is 0. The Labute approximate surface area is 123 Å². The van der Waals surface area contributed by atoms with Crippen molar-refractivity contribution in [3.63, 3.8) is 0 Å². The number of nitrogens with zero attached hydrogens (tertiary/aromatic N) is 1.